The molecule has 29 heavy (non-hydrogen) atoms. The van der Waals surface area contributed by atoms with E-state index >= 15 is 0 Å². The molecule has 0 aliphatic carbocycles. The Bertz CT molecular complexity index is 994. The molecular formula is C22H20IN3O3. The molecule has 2 heterocycles. The summed E-state index contributed by atoms with van der Waals surface area (Å²) in [7, 11) is 0. The van der Waals surface area contributed by atoms with Gasteiger partial charge in [-0.25, -0.2) is 0 Å². The number of furan rings is 1. The summed E-state index contributed by atoms with van der Waals surface area (Å²) in [5.41, 5.74) is 2.46. The highest BCUT2D eigenvalue weighted by molar-refractivity contribution is 14.1. The number of benzene rings is 2. The second-order valence-corrected chi connectivity index (χ2v) is 8.01. The first-order valence-corrected chi connectivity index (χ1v) is 10.4. The molecule has 6 nitrogen and oxygen atoms in total. The van der Waals surface area contributed by atoms with Gasteiger partial charge in [-0.05, 0) is 77.2 Å². The van der Waals surface area contributed by atoms with Crippen molar-refractivity contribution in [2.75, 3.05) is 36.4 Å². The highest BCUT2D eigenvalue weighted by Gasteiger charge is 2.23. The van der Waals surface area contributed by atoms with Crippen molar-refractivity contribution in [2.24, 2.45) is 0 Å². The molecule has 0 saturated carbocycles. The monoisotopic (exact) mass is 501 g/mol. The van der Waals surface area contributed by atoms with E-state index in [0.717, 1.165) is 28.0 Å². The van der Waals surface area contributed by atoms with Gasteiger partial charge in [0.25, 0.3) is 11.8 Å². The van der Waals surface area contributed by atoms with E-state index in [0.29, 0.717) is 24.4 Å². The van der Waals surface area contributed by atoms with Crippen molar-refractivity contribution in [3.8, 4) is 0 Å². The first-order valence-electron chi connectivity index (χ1n) is 9.35. The Balaban J connectivity index is 1.34. The van der Waals surface area contributed by atoms with Gasteiger partial charge in [-0.3, -0.25) is 9.59 Å². The molecule has 1 saturated heterocycles. The summed E-state index contributed by atoms with van der Waals surface area (Å²) in [6.07, 6.45) is 1.52. The minimum absolute atomic E-state index is 0.0664. The summed E-state index contributed by atoms with van der Waals surface area (Å²) >= 11 is 2.19. The average molecular weight is 501 g/mol. The maximum atomic E-state index is 12.4. The molecule has 1 aliphatic rings. The van der Waals surface area contributed by atoms with Crippen LogP contribution in [0.4, 0.5) is 11.4 Å². The zero-order valence-corrected chi connectivity index (χ0v) is 17.8. The van der Waals surface area contributed by atoms with Gasteiger partial charge in [0.2, 0.25) is 0 Å². The number of halogens is 1. The van der Waals surface area contributed by atoms with Crippen molar-refractivity contribution in [3.63, 3.8) is 0 Å². The van der Waals surface area contributed by atoms with Gasteiger partial charge in [-0.1, -0.05) is 6.07 Å². The van der Waals surface area contributed by atoms with Crippen molar-refractivity contribution in [2.45, 2.75) is 0 Å². The summed E-state index contributed by atoms with van der Waals surface area (Å²) < 4.78 is 6.23. The Kier molecular flexibility index (Phi) is 5.84. The predicted molar refractivity (Wildman–Crippen MR) is 120 cm³/mol. The van der Waals surface area contributed by atoms with Gasteiger partial charge in [0.15, 0.2) is 5.76 Å². The van der Waals surface area contributed by atoms with Crippen molar-refractivity contribution in [1.29, 1.82) is 0 Å². The SMILES string of the molecule is O=C(Nc1ccc(N2CCN(C(=O)c3ccco3)CC2)cc1)c1cccc(I)c1. The van der Waals surface area contributed by atoms with E-state index < -0.39 is 0 Å². The molecule has 0 bridgehead atoms. The number of carbonyl (C=O) groups is 2. The zero-order chi connectivity index (χ0) is 20.2. The fourth-order valence-electron chi connectivity index (χ4n) is 3.31. The lowest BCUT2D eigenvalue weighted by Gasteiger charge is -2.35. The quantitative estimate of drug-likeness (QED) is 0.547. The molecule has 0 atom stereocenters. The molecule has 1 aliphatic heterocycles. The molecule has 0 unspecified atom stereocenters. The number of anilines is 2. The minimum Gasteiger partial charge on any atom is -0.459 e. The topological polar surface area (TPSA) is 65.8 Å². The third kappa shape index (κ3) is 4.61. The zero-order valence-electron chi connectivity index (χ0n) is 15.7. The normalized spacial score (nSPS) is 14.0. The molecule has 3 aromatic rings. The van der Waals surface area contributed by atoms with Gasteiger partial charge in [-0.15, -0.1) is 0 Å². The predicted octanol–water partition coefficient (Wildman–Crippen LogP) is 4.10. The lowest BCUT2D eigenvalue weighted by molar-refractivity contribution is 0.0714. The van der Waals surface area contributed by atoms with Gasteiger partial charge in [0.1, 0.15) is 0 Å². The van der Waals surface area contributed by atoms with Crippen LogP contribution in [-0.2, 0) is 0 Å². The summed E-state index contributed by atoms with van der Waals surface area (Å²) in [5, 5.41) is 2.93. The molecular weight excluding hydrogens is 481 g/mol. The van der Waals surface area contributed by atoms with Crippen LogP contribution >= 0.6 is 22.6 Å². The molecule has 148 valence electrons. The van der Waals surface area contributed by atoms with Crippen molar-refractivity contribution in [3.05, 3.63) is 81.8 Å². The van der Waals surface area contributed by atoms with Crippen molar-refractivity contribution < 1.29 is 14.0 Å². The van der Waals surface area contributed by atoms with E-state index in [9.17, 15) is 9.59 Å². The van der Waals surface area contributed by atoms with Crippen molar-refractivity contribution >= 4 is 45.8 Å². The Labute approximate surface area is 182 Å². The molecule has 2 aromatic carbocycles. The number of hydrogen-bond acceptors (Lipinski definition) is 4. The fourth-order valence-corrected chi connectivity index (χ4v) is 3.86. The van der Waals surface area contributed by atoms with Crippen molar-refractivity contribution in [1.82, 2.24) is 4.90 Å². The second-order valence-electron chi connectivity index (χ2n) is 6.77. The Morgan fingerprint density at radius 3 is 2.34 bits per heavy atom. The van der Waals surface area contributed by atoms with E-state index in [1.807, 2.05) is 47.4 Å². The summed E-state index contributed by atoms with van der Waals surface area (Å²) in [6.45, 7) is 2.79. The molecule has 0 radical (unpaired) electrons. The van der Waals surface area contributed by atoms with Crippen LogP contribution in [0.2, 0.25) is 0 Å². The van der Waals surface area contributed by atoms with Crippen LogP contribution in [-0.4, -0.2) is 42.9 Å². The maximum Gasteiger partial charge on any atom is 0.289 e. The first kappa shape index (κ1) is 19.5. The summed E-state index contributed by atoms with van der Waals surface area (Å²) in [6, 6.07) is 18.7. The van der Waals surface area contributed by atoms with Crippen LogP contribution in [0.5, 0.6) is 0 Å². The third-order valence-electron chi connectivity index (χ3n) is 4.88. The molecule has 1 N–H and O–H groups in total. The van der Waals surface area contributed by atoms with Gasteiger partial charge in [0, 0.05) is 46.7 Å². The molecule has 0 spiro atoms. The van der Waals surface area contributed by atoms with Crippen LogP contribution in [0.1, 0.15) is 20.9 Å². The minimum atomic E-state index is -0.124. The molecule has 2 amide bonds. The number of nitrogens with one attached hydrogen (secondary N) is 1. The van der Waals surface area contributed by atoms with Gasteiger partial charge in [0.05, 0.1) is 6.26 Å². The lowest BCUT2D eigenvalue weighted by Crippen LogP contribution is -2.48. The maximum absolute atomic E-state index is 12.4. The number of nitrogens with zero attached hydrogens (tertiary/aromatic N) is 2. The fraction of sp³-hybridized carbons (Fsp3) is 0.182. The van der Waals surface area contributed by atoms with Gasteiger partial charge >= 0.3 is 0 Å². The van der Waals surface area contributed by atoms with Gasteiger partial charge in [-0.2, -0.15) is 0 Å². The van der Waals surface area contributed by atoms with Gasteiger partial charge < -0.3 is 19.5 Å². The van der Waals surface area contributed by atoms with Crippen LogP contribution in [0.15, 0.2) is 71.3 Å². The standard InChI is InChI=1S/C22H20IN3O3/c23-17-4-1-3-16(15-17)21(27)24-18-6-8-19(9-7-18)25-10-12-26(13-11-25)22(28)20-5-2-14-29-20/h1-9,14-15H,10-13H2,(H,24,27). The Morgan fingerprint density at radius 2 is 1.69 bits per heavy atom. The highest BCUT2D eigenvalue weighted by Crippen LogP contribution is 2.21. The largest absolute Gasteiger partial charge is 0.459 e. The summed E-state index contributed by atoms with van der Waals surface area (Å²) in [4.78, 5) is 28.8. The molecule has 4 rings (SSSR count). The Morgan fingerprint density at radius 1 is 0.931 bits per heavy atom. The summed E-state index contributed by atoms with van der Waals surface area (Å²) in [5.74, 6) is 0.191. The second kappa shape index (κ2) is 8.69. The highest BCUT2D eigenvalue weighted by atomic mass is 127. The number of piperazine rings is 1. The number of carbonyl (C=O) groups excluding carboxylic acids is 2. The average Bonchev–Trinajstić information content (AvgIpc) is 3.29. The smallest absolute Gasteiger partial charge is 0.289 e. The molecule has 7 heteroatoms. The molecule has 1 fully saturated rings. The third-order valence-corrected chi connectivity index (χ3v) is 5.55. The first-order chi connectivity index (χ1) is 14.1. The van der Waals surface area contributed by atoms with Crippen LogP contribution in [0.3, 0.4) is 0 Å². The van der Waals surface area contributed by atoms with Crippen LogP contribution < -0.4 is 10.2 Å². The van der Waals surface area contributed by atoms with E-state index in [1.54, 1.807) is 18.2 Å². The lowest BCUT2D eigenvalue weighted by atomic mass is 10.2. The Hall–Kier alpha value is -2.81. The molecule has 1 aromatic heterocycles. The van der Waals surface area contributed by atoms with Crippen LogP contribution in [0.25, 0.3) is 0 Å². The number of amides is 2. The van der Waals surface area contributed by atoms with E-state index in [4.69, 9.17) is 4.42 Å². The number of hydrogen-bond donors (Lipinski definition) is 1. The van der Waals surface area contributed by atoms with Crippen LogP contribution in [0, 0.1) is 3.57 Å². The van der Waals surface area contributed by atoms with E-state index in [1.165, 1.54) is 6.26 Å². The van der Waals surface area contributed by atoms with E-state index in [2.05, 4.69) is 32.8 Å². The van der Waals surface area contributed by atoms with E-state index in [-0.39, 0.29) is 11.8 Å². The number of rotatable bonds is 4.